The van der Waals surface area contributed by atoms with Gasteiger partial charge in [0.15, 0.2) is 0 Å². The molecule has 190 valence electrons. The first kappa shape index (κ1) is 24.8. The molecule has 0 aliphatic carbocycles. The minimum absolute atomic E-state index is 0.0443. The number of carbonyl (C=O) groups excluding carboxylic acids is 3. The van der Waals surface area contributed by atoms with Gasteiger partial charge in [0.2, 0.25) is 0 Å². The Balaban J connectivity index is 1.64. The van der Waals surface area contributed by atoms with Crippen molar-refractivity contribution in [1.82, 2.24) is 0 Å². The van der Waals surface area contributed by atoms with Crippen molar-refractivity contribution in [2.45, 2.75) is 63.9 Å². The lowest BCUT2D eigenvalue weighted by atomic mass is 9.81. The Kier molecular flexibility index (Phi) is 7.08. The second-order valence-electron chi connectivity index (χ2n) is 9.84. The van der Waals surface area contributed by atoms with E-state index >= 15 is 0 Å². The van der Waals surface area contributed by atoms with Crippen LogP contribution in [0.25, 0.3) is 16.8 Å². The van der Waals surface area contributed by atoms with Crippen LogP contribution >= 0.6 is 0 Å². The molecular formula is C31H30O6. The number of Topliss-reactive ketones (excluding diaryl/α,β-unsaturated/α-hetero) is 1. The Bertz CT molecular complexity index is 1400. The van der Waals surface area contributed by atoms with Crippen LogP contribution in [0.4, 0.5) is 0 Å². The molecule has 0 amide bonds. The molecule has 2 heterocycles. The van der Waals surface area contributed by atoms with Gasteiger partial charge in [0.1, 0.15) is 22.8 Å². The van der Waals surface area contributed by atoms with Crippen LogP contribution in [0.1, 0.15) is 84.8 Å². The number of fused-ring (bicyclic) bond motifs is 3. The Labute approximate surface area is 215 Å². The van der Waals surface area contributed by atoms with Crippen molar-refractivity contribution in [3.05, 3.63) is 76.9 Å². The van der Waals surface area contributed by atoms with Gasteiger partial charge in [0.25, 0.3) is 0 Å². The highest BCUT2D eigenvalue weighted by molar-refractivity contribution is 5.99. The van der Waals surface area contributed by atoms with Crippen LogP contribution in [0, 0.1) is 0 Å². The van der Waals surface area contributed by atoms with Gasteiger partial charge in [-0.3, -0.25) is 9.59 Å². The molecular weight excluding hydrogens is 468 g/mol. The van der Waals surface area contributed by atoms with E-state index in [2.05, 4.69) is 0 Å². The standard InChI is InChI=1S/C31H30O6/c1-19-9-7-14-22(32)13-4-2-3-11-21-17-26-29(30(34)28(21)31(35)36-19)25(18-27(33)37-26)24-16-8-12-20-10-5-6-15-23(20)24/h3,5-6,8,10-12,15-17,19,25,34H,2,4,7,9,13-14,18H2,1H3/b11-3+/t19-,25?/m0/s1. The molecule has 0 spiro atoms. The van der Waals surface area contributed by atoms with E-state index in [1.807, 2.05) is 48.5 Å². The number of carbonyl (C=O) groups is 3. The van der Waals surface area contributed by atoms with Crippen molar-refractivity contribution in [2.75, 3.05) is 0 Å². The number of ketones is 1. The fraction of sp³-hybridized carbons (Fsp3) is 0.323. The smallest absolute Gasteiger partial charge is 0.342 e. The van der Waals surface area contributed by atoms with Gasteiger partial charge in [-0.15, -0.1) is 0 Å². The normalized spacial score (nSPS) is 21.8. The number of esters is 2. The lowest BCUT2D eigenvalue weighted by Gasteiger charge is -2.28. The van der Waals surface area contributed by atoms with Gasteiger partial charge < -0.3 is 14.6 Å². The van der Waals surface area contributed by atoms with Crippen molar-refractivity contribution in [2.24, 2.45) is 0 Å². The van der Waals surface area contributed by atoms with Crippen molar-refractivity contribution >= 4 is 34.6 Å². The molecule has 5 rings (SSSR count). The zero-order valence-electron chi connectivity index (χ0n) is 20.9. The molecule has 0 aromatic heterocycles. The average molecular weight is 499 g/mol. The van der Waals surface area contributed by atoms with Crippen LogP contribution in [-0.2, 0) is 14.3 Å². The summed E-state index contributed by atoms with van der Waals surface area (Å²) in [5.41, 5.74) is 1.79. The summed E-state index contributed by atoms with van der Waals surface area (Å²) in [5, 5.41) is 13.6. The molecule has 0 saturated carbocycles. The fourth-order valence-electron chi connectivity index (χ4n) is 5.34. The fourth-order valence-corrected chi connectivity index (χ4v) is 5.34. The van der Waals surface area contributed by atoms with Gasteiger partial charge >= 0.3 is 11.9 Å². The predicted octanol–water partition coefficient (Wildman–Crippen LogP) is 6.47. The third kappa shape index (κ3) is 5.15. The first-order chi connectivity index (χ1) is 17.9. The van der Waals surface area contributed by atoms with Gasteiger partial charge in [0.05, 0.1) is 12.5 Å². The van der Waals surface area contributed by atoms with E-state index in [0.717, 1.165) is 16.3 Å². The van der Waals surface area contributed by atoms with E-state index < -0.39 is 24.0 Å². The topological polar surface area (TPSA) is 89.9 Å². The van der Waals surface area contributed by atoms with Gasteiger partial charge in [0, 0.05) is 24.3 Å². The van der Waals surface area contributed by atoms with Crippen LogP contribution in [0.3, 0.4) is 0 Å². The molecule has 2 aliphatic rings. The minimum Gasteiger partial charge on any atom is -0.507 e. The van der Waals surface area contributed by atoms with E-state index in [4.69, 9.17) is 9.47 Å². The molecule has 3 aromatic carbocycles. The molecule has 0 saturated heterocycles. The Morgan fingerprint density at radius 3 is 2.62 bits per heavy atom. The van der Waals surface area contributed by atoms with Crippen LogP contribution < -0.4 is 4.74 Å². The van der Waals surface area contributed by atoms with Crippen LogP contribution in [0.15, 0.2) is 54.6 Å². The largest absolute Gasteiger partial charge is 0.507 e. The predicted molar refractivity (Wildman–Crippen MR) is 141 cm³/mol. The summed E-state index contributed by atoms with van der Waals surface area (Å²) in [4.78, 5) is 38.2. The number of hydrogen-bond acceptors (Lipinski definition) is 6. The van der Waals surface area contributed by atoms with E-state index in [-0.39, 0.29) is 29.3 Å². The quantitative estimate of drug-likeness (QED) is 0.306. The Morgan fingerprint density at radius 1 is 0.973 bits per heavy atom. The average Bonchev–Trinajstić information content (AvgIpc) is 2.87. The van der Waals surface area contributed by atoms with Gasteiger partial charge in [-0.1, -0.05) is 54.6 Å². The Hall–Kier alpha value is -3.93. The highest BCUT2D eigenvalue weighted by Gasteiger charge is 2.36. The molecule has 6 nitrogen and oxygen atoms in total. The van der Waals surface area contributed by atoms with Crippen LogP contribution in [-0.4, -0.2) is 28.9 Å². The van der Waals surface area contributed by atoms with Crippen molar-refractivity contribution < 1.29 is 29.0 Å². The maximum Gasteiger partial charge on any atom is 0.342 e. The monoisotopic (exact) mass is 498 g/mol. The summed E-state index contributed by atoms with van der Waals surface area (Å²) >= 11 is 0. The van der Waals surface area contributed by atoms with Crippen molar-refractivity contribution in [3.8, 4) is 11.5 Å². The first-order valence-corrected chi connectivity index (χ1v) is 12.9. The number of cyclic esters (lactones) is 1. The van der Waals surface area contributed by atoms with Gasteiger partial charge in [-0.25, -0.2) is 4.79 Å². The molecule has 1 unspecified atom stereocenters. The molecule has 37 heavy (non-hydrogen) atoms. The molecule has 0 radical (unpaired) electrons. The van der Waals surface area contributed by atoms with E-state index in [0.29, 0.717) is 49.7 Å². The zero-order valence-corrected chi connectivity index (χ0v) is 20.9. The number of rotatable bonds is 1. The number of phenolic OH excluding ortho intramolecular Hbond substituents is 1. The number of ether oxygens (including phenoxy) is 2. The Morgan fingerprint density at radius 2 is 1.76 bits per heavy atom. The van der Waals surface area contributed by atoms with E-state index in [1.54, 1.807) is 19.1 Å². The van der Waals surface area contributed by atoms with Crippen molar-refractivity contribution in [3.63, 3.8) is 0 Å². The number of allylic oxidation sites excluding steroid dienone is 1. The number of benzene rings is 3. The lowest BCUT2D eigenvalue weighted by Crippen LogP contribution is -2.23. The number of hydrogen-bond donors (Lipinski definition) is 1. The lowest BCUT2D eigenvalue weighted by molar-refractivity contribution is -0.135. The summed E-state index contributed by atoms with van der Waals surface area (Å²) in [6, 6.07) is 15.4. The van der Waals surface area contributed by atoms with Crippen molar-refractivity contribution in [1.29, 1.82) is 0 Å². The van der Waals surface area contributed by atoms with Crippen LogP contribution in [0.5, 0.6) is 11.5 Å². The van der Waals surface area contributed by atoms with Gasteiger partial charge in [-0.2, -0.15) is 0 Å². The second kappa shape index (κ2) is 10.6. The number of aromatic hydroxyl groups is 1. The molecule has 0 fully saturated rings. The summed E-state index contributed by atoms with van der Waals surface area (Å²) in [7, 11) is 0. The summed E-state index contributed by atoms with van der Waals surface area (Å²) in [5.74, 6) is -1.29. The highest BCUT2D eigenvalue weighted by Crippen LogP contribution is 2.48. The molecule has 2 atom stereocenters. The minimum atomic E-state index is -0.635. The van der Waals surface area contributed by atoms with Crippen LogP contribution in [0.2, 0.25) is 0 Å². The highest BCUT2D eigenvalue weighted by atomic mass is 16.5. The third-order valence-electron chi connectivity index (χ3n) is 7.18. The first-order valence-electron chi connectivity index (χ1n) is 12.9. The summed E-state index contributed by atoms with van der Waals surface area (Å²) in [6.45, 7) is 1.79. The molecule has 6 heteroatoms. The van der Waals surface area contributed by atoms with E-state index in [1.165, 1.54) is 0 Å². The number of phenols is 1. The third-order valence-corrected chi connectivity index (χ3v) is 7.18. The summed E-state index contributed by atoms with van der Waals surface area (Å²) < 4.78 is 11.3. The van der Waals surface area contributed by atoms with E-state index in [9.17, 15) is 19.5 Å². The molecule has 2 aliphatic heterocycles. The molecule has 3 aromatic rings. The molecule has 1 N–H and O–H groups in total. The zero-order chi connectivity index (χ0) is 25.9. The second-order valence-corrected chi connectivity index (χ2v) is 9.84. The summed E-state index contributed by atoms with van der Waals surface area (Å²) in [6.07, 6.45) is 6.76. The maximum atomic E-state index is 13.4. The van der Waals surface area contributed by atoms with Gasteiger partial charge in [-0.05, 0) is 60.6 Å². The maximum absolute atomic E-state index is 13.4. The molecule has 0 bridgehead atoms. The SMILES string of the molecule is C[C@H]1CCCC(=O)CCC/C=C/c2cc3c(c(O)c2C(=O)O1)C(c1cccc2ccccc12)CC(=O)O3.